The first kappa shape index (κ1) is 10.4. The Hall–Kier alpha value is -2.10. The molecule has 16 heavy (non-hydrogen) atoms. The molecule has 0 amide bonds. The van der Waals surface area contributed by atoms with Gasteiger partial charge in [-0.15, -0.1) is 0 Å². The largest absolute Gasteiger partial charge is 0.506 e. The van der Waals surface area contributed by atoms with Crippen molar-refractivity contribution < 1.29 is 5.11 Å². The summed E-state index contributed by atoms with van der Waals surface area (Å²) in [6, 6.07) is 9.05. The van der Waals surface area contributed by atoms with Crippen molar-refractivity contribution in [3.8, 4) is 5.75 Å². The molecule has 0 atom stereocenters. The lowest BCUT2D eigenvalue weighted by atomic mass is 10.3. The zero-order chi connectivity index (χ0) is 11.4. The van der Waals surface area contributed by atoms with E-state index >= 15 is 0 Å². The van der Waals surface area contributed by atoms with Gasteiger partial charge in [-0.25, -0.2) is 4.98 Å². The average Bonchev–Trinajstić information content (AvgIpc) is 2.32. The first-order chi connectivity index (χ1) is 7.75. The average molecular weight is 215 g/mol. The van der Waals surface area contributed by atoms with Crippen molar-refractivity contribution in [2.75, 3.05) is 5.32 Å². The van der Waals surface area contributed by atoms with E-state index in [1.165, 1.54) is 0 Å². The van der Waals surface area contributed by atoms with Crippen LogP contribution < -0.4 is 5.32 Å². The molecule has 0 aliphatic rings. The summed E-state index contributed by atoms with van der Waals surface area (Å²) in [5.74, 6) is 0.972. The number of aromatic hydroxyl groups is 1. The van der Waals surface area contributed by atoms with Gasteiger partial charge in [0.15, 0.2) is 0 Å². The summed E-state index contributed by atoms with van der Waals surface area (Å²) in [6.07, 6.45) is 1.71. The summed E-state index contributed by atoms with van der Waals surface area (Å²) >= 11 is 0. The fraction of sp³-hybridized carbons (Fsp3) is 0.167. The van der Waals surface area contributed by atoms with Gasteiger partial charge in [-0.05, 0) is 31.2 Å². The molecule has 0 spiro atoms. The minimum atomic E-state index is 0.203. The molecule has 2 aromatic rings. The van der Waals surface area contributed by atoms with Crippen LogP contribution in [0.1, 0.15) is 11.4 Å². The monoisotopic (exact) mass is 215 g/mol. The second kappa shape index (κ2) is 4.61. The maximum absolute atomic E-state index is 9.59. The fourth-order valence-electron chi connectivity index (χ4n) is 1.37. The molecular formula is C12H13N3O. The van der Waals surface area contributed by atoms with Crippen molar-refractivity contribution in [1.29, 1.82) is 0 Å². The van der Waals surface area contributed by atoms with Crippen molar-refractivity contribution in [3.63, 3.8) is 0 Å². The minimum absolute atomic E-state index is 0.203. The van der Waals surface area contributed by atoms with E-state index < -0.39 is 0 Å². The summed E-state index contributed by atoms with van der Waals surface area (Å²) in [4.78, 5) is 8.37. The number of anilines is 1. The number of rotatable bonds is 3. The van der Waals surface area contributed by atoms with Gasteiger partial charge in [-0.3, -0.25) is 4.98 Å². The number of nitrogens with one attached hydrogen (secondary N) is 1. The molecule has 4 heteroatoms. The highest BCUT2D eigenvalue weighted by Gasteiger charge is 2.02. The maximum atomic E-state index is 9.59. The minimum Gasteiger partial charge on any atom is -0.506 e. The van der Waals surface area contributed by atoms with Gasteiger partial charge in [0, 0.05) is 11.9 Å². The van der Waals surface area contributed by atoms with E-state index in [0.717, 1.165) is 11.5 Å². The fourth-order valence-corrected chi connectivity index (χ4v) is 1.37. The number of nitrogens with zero attached hydrogens (tertiary/aromatic N) is 2. The van der Waals surface area contributed by atoms with Gasteiger partial charge in [-0.1, -0.05) is 6.07 Å². The molecule has 4 nitrogen and oxygen atoms in total. The molecule has 0 fully saturated rings. The van der Waals surface area contributed by atoms with Crippen LogP contribution in [0.2, 0.25) is 0 Å². The Bertz CT molecular complexity index is 471. The van der Waals surface area contributed by atoms with Crippen LogP contribution in [0, 0.1) is 6.92 Å². The van der Waals surface area contributed by atoms with Crippen molar-refractivity contribution >= 4 is 5.82 Å². The van der Waals surface area contributed by atoms with E-state index in [-0.39, 0.29) is 5.75 Å². The zero-order valence-corrected chi connectivity index (χ0v) is 9.01. The van der Waals surface area contributed by atoms with Crippen molar-refractivity contribution in [2.24, 2.45) is 0 Å². The molecule has 2 N–H and O–H groups in total. The number of pyridine rings is 2. The van der Waals surface area contributed by atoms with E-state index in [9.17, 15) is 5.11 Å². The van der Waals surface area contributed by atoms with Crippen LogP contribution in [-0.4, -0.2) is 15.1 Å². The highest BCUT2D eigenvalue weighted by molar-refractivity contribution is 5.36. The van der Waals surface area contributed by atoms with Crippen LogP contribution in [0.4, 0.5) is 5.82 Å². The SMILES string of the molecule is Cc1ccc(O)c(CNc2ccccn2)n1. The molecule has 0 aliphatic carbocycles. The number of hydrogen-bond acceptors (Lipinski definition) is 4. The lowest BCUT2D eigenvalue weighted by molar-refractivity contribution is 0.464. The zero-order valence-electron chi connectivity index (χ0n) is 9.01. The first-order valence-electron chi connectivity index (χ1n) is 5.06. The van der Waals surface area contributed by atoms with Crippen LogP contribution in [-0.2, 0) is 6.54 Å². The molecular weight excluding hydrogens is 202 g/mol. The summed E-state index contributed by atoms with van der Waals surface area (Å²) in [7, 11) is 0. The second-order valence-electron chi connectivity index (χ2n) is 3.49. The quantitative estimate of drug-likeness (QED) is 0.823. The van der Waals surface area contributed by atoms with Gasteiger partial charge in [0.1, 0.15) is 17.3 Å². The second-order valence-corrected chi connectivity index (χ2v) is 3.49. The molecule has 0 aromatic carbocycles. The van der Waals surface area contributed by atoms with Gasteiger partial charge in [0.2, 0.25) is 0 Å². The third-order valence-corrected chi connectivity index (χ3v) is 2.19. The third-order valence-electron chi connectivity index (χ3n) is 2.19. The summed E-state index contributed by atoms with van der Waals surface area (Å²) < 4.78 is 0. The molecule has 0 unspecified atom stereocenters. The number of aryl methyl sites for hydroxylation is 1. The Kier molecular flexibility index (Phi) is 3.00. The van der Waals surface area contributed by atoms with E-state index in [2.05, 4.69) is 15.3 Å². The predicted octanol–water partition coefficient (Wildman–Crippen LogP) is 2.10. The van der Waals surface area contributed by atoms with Crippen LogP contribution in [0.25, 0.3) is 0 Å². The normalized spacial score (nSPS) is 10.1. The lowest BCUT2D eigenvalue weighted by Gasteiger charge is -2.07. The molecule has 0 saturated carbocycles. The maximum Gasteiger partial charge on any atom is 0.138 e. The van der Waals surface area contributed by atoms with Gasteiger partial charge in [0.05, 0.1) is 6.54 Å². The van der Waals surface area contributed by atoms with E-state index in [1.807, 2.05) is 25.1 Å². The Morgan fingerprint density at radius 1 is 1.25 bits per heavy atom. The van der Waals surface area contributed by atoms with Crippen molar-refractivity contribution in [2.45, 2.75) is 13.5 Å². The molecule has 0 radical (unpaired) electrons. The first-order valence-corrected chi connectivity index (χ1v) is 5.06. The van der Waals surface area contributed by atoms with Crippen LogP contribution in [0.5, 0.6) is 5.75 Å². The van der Waals surface area contributed by atoms with Crippen LogP contribution in [0.3, 0.4) is 0 Å². The Morgan fingerprint density at radius 2 is 2.12 bits per heavy atom. The highest BCUT2D eigenvalue weighted by atomic mass is 16.3. The number of hydrogen-bond donors (Lipinski definition) is 2. The van der Waals surface area contributed by atoms with Gasteiger partial charge in [0.25, 0.3) is 0 Å². The molecule has 0 aliphatic heterocycles. The Balaban J connectivity index is 2.08. The van der Waals surface area contributed by atoms with Crippen molar-refractivity contribution in [3.05, 3.63) is 47.9 Å². The smallest absolute Gasteiger partial charge is 0.138 e. The van der Waals surface area contributed by atoms with E-state index in [4.69, 9.17) is 0 Å². The summed E-state index contributed by atoms with van der Waals surface area (Å²) in [5, 5.41) is 12.7. The number of aromatic nitrogens is 2. The van der Waals surface area contributed by atoms with Crippen LogP contribution >= 0.6 is 0 Å². The summed E-state index contributed by atoms with van der Waals surface area (Å²) in [6.45, 7) is 2.36. The van der Waals surface area contributed by atoms with Gasteiger partial charge in [-0.2, -0.15) is 0 Å². The van der Waals surface area contributed by atoms with Crippen molar-refractivity contribution in [1.82, 2.24) is 9.97 Å². The molecule has 82 valence electrons. The topological polar surface area (TPSA) is 58.0 Å². The summed E-state index contributed by atoms with van der Waals surface area (Å²) in [5.41, 5.74) is 1.52. The molecule has 2 aromatic heterocycles. The predicted molar refractivity (Wildman–Crippen MR) is 62.2 cm³/mol. The van der Waals surface area contributed by atoms with E-state index in [1.54, 1.807) is 18.3 Å². The molecule has 2 rings (SSSR count). The van der Waals surface area contributed by atoms with Gasteiger partial charge < -0.3 is 10.4 Å². The third kappa shape index (κ3) is 2.48. The highest BCUT2D eigenvalue weighted by Crippen LogP contribution is 2.15. The standard InChI is InChI=1S/C12H13N3O/c1-9-5-6-11(16)10(15-9)8-14-12-4-2-3-7-13-12/h2-7,16H,8H2,1H3,(H,13,14). The Labute approximate surface area is 94.0 Å². The molecule has 2 heterocycles. The molecule has 0 saturated heterocycles. The lowest BCUT2D eigenvalue weighted by Crippen LogP contribution is -2.03. The van der Waals surface area contributed by atoms with E-state index in [0.29, 0.717) is 12.2 Å². The Morgan fingerprint density at radius 3 is 2.88 bits per heavy atom. The van der Waals surface area contributed by atoms with Crippen LogP contribution in [0.15, 0.2) is 36.5 Å². The molecule has 0 bridgehead atoms. The van der Waals surface area contributed by atoms with Gasteiger partial charge >= 0.3 is 0 Å².